The van der Waals surface area contributed by atoms with E-state index in [0.717, 1.165) is 27.9 Å². The molecule has 1 N–H and O–H groups in total. The van der Waals surface area contributed by atoms with Crippen molar-refractivity contribution in [2.24, 2.45) is 0 Å². The largest absolute Gasteiger partial charge is 0.339 e. The number of benzene rings is 1. The van der Waals surface area contributed by atoms with Crippen molar-refractivity contribution in [1.29, 1.82) is 0 Å². The number of nitrogens with one attached hydrogen (secondary N) is 1. The predicted octanol–water partition coefficient (Wildman–Crippen LogP) is 2.39. The van der Waals surface area contributed by atoms with Gasteiger partial charge in [-0.1, -0.05) is 30.3 Å². The summed E-state index contributed by atoms with van der Waals surface area (Å²) in [6.07, 6.45) is 1.56. The van der Waals surface area contributed by atoms with Crippen LogP contribution in [0.25, 0.3) is 5.52 Å². The van der Waals surface area contributed by atoms with Crippen molar-refractivity contribution < 1.29 is 9.59 Å². The standard InChI is InChI=1S/C20H20N4O2/c1-12-8-9-17-16(10-21-24(17)13(12)2)19(25)22-18-15-7-5-4-6-14(15)11-23(3)20(18)26/h4-10,18H,11H2,1-3H3,(H,22,25). The van der Waals surface area contributed by atoms with Crippen molar-refractivity contribution in [2.75, 3.05) is 7.05 Å². The van der Waals surface area contributed by atoms with Gasteiger partial charge in [0.05, 0.1) is 17.3 Å². The third-order valence-corrected chi connectivity index (χ3v) is 5.10. The molecule has 0 saturated carbocycles. The quantitative estimate of drug-likeness (QED) is 0.773. The molecule has 0 spiro atoms. The Labute approximate surface area is 151 Å². The van der Waals surface area contributed by atoms with E-state index < -0.39 is 6.04 Å². The molecule has 6 heteroatoms. The van der Waals surface area contributed by atoms with E-state index in [9.17, 15) is 9.59 Å². The summed E-state index contributed by atoms with van der Waals surface area (Å²) in [5.41, 5.74) is 5.19. The Morgan fingerprint density at radius 3 is 2.77 bits per heavy atom. The molecule has 1 aliphatic rings. The molecule has 2 amide bonds. The molecule has 3 heterocycles. The maximum absolute atomic E-state index is 12.9. The van der Waals surface area contributed by atoms with E-state index >= 15 is 0 Å². The molecule has 3 aromatic rings. The van der Waals surface area contributed by atoms with Gasteiger partial charge in [0.25, 0.3) is 5.91 Å². The van der Waals surface area contributed by atoms with Gasteiger partial charge in [0.2, 0.25) is 5.91 Å². The molecule has 1 aliphatic heterocycles. The van der Waals surface area contributed by atoms with Gasteiger partial charge in [-0.25, -0.2) is 4.52 Å². The smallest absolute Gasteiger partial charge is 0.256 e. The Hall–Kier alpha value is -3.15. The summed E-state index contributed by atoms with van der Waals surface area (Å²) in [6.45, 7) is 4.52. The SMILES string of the molecule is Cc1ccc2c(C(=O)NC3C(=O)N(C)Cc4ccccc43)cnn2c1C. The van der Waals surface area contributed by atoms with Gasteiger partial charge in [0.15, 0.2) is 0 Å². The van der Waals surface area contributed by atoms with Crippen molar-refractivity contribution >= 4 is 17.3 Å². The number of nitrogens with zero attached hydrogens (tertiary/aromatic N) is 3. The highest BCUT2D eigenvalue weighted by Crippen LogP contribution is 2.27. The zero-order valence-electron chi connectivity index (χ0n) is 15.0. The number of carbonyl (C=O) groups excluding carboxylic acids is 2. The Morgan fingerprint density at radius 1 is 1.19 bits per heavy atom. The maximum Gasteiger partial charge on any atom is 0.256 e. The average molecular weight is 348 g/mol. The second-order valence-corrected chi connectivity index (χ2v) is 6.76. The highest BCUT2D eigenvalue weighted by Gasteiger charge is 2.32. The second-order valence-electron chi connectivity index (χ2n) is 6.76. The molecule has 1 unspecified atom stereocenters. The number of amides is 2. The number of fused-ring (bicyclic) bond motifs is 2. The van der Waals surface area contributed by atoms with Crippen LogP contribution in [0, 0.1) is 13.8 Å². The number of aromatic nitrogens is 2. The first-order valence-electron chi connectivity index (χ1n) is 8.55. The molecular formula is C20H20N4O2. The van der Waals surface area contributed by atoms with Crippen molar-refractivity contribution in [2.45, 2.75) is 26.4 Å². The molecule has 0 bridgehead atoms. The number of hydrogen-bond acceptors (Lipinski definition) is 3. The molecule has 0 aliphatic carbocycles. The fourth-order valence-corrected chi connectivity index (χ4v) is 3.45. The van der Waals surface area contributed by atoms with Crippen molar-refractivity contribution in [3.8, 4) is 0 Å². The van der Waals surface area contributed by atoms with Crippen LogP contribution < -0.4 is 5.32 Å². The minimum Gasteiger partial charge on any atom is -0.339 e. The van der Waals surface area contributed by atoms with Gasteiger partial charge in [0, 0.05) is 19.3 Å². The lowest BCUT2D eigenvalue weighted by Gasteiger charge is -2.32. The summed E-state index contributed by atoms with van der Waals surface area (Å²) in [4.78, 5) is 27.2. The summed E-state index contributed by atoms with van der Waals surface area (Å²) in [7, 11) is 1.75. The van der Waals surface area contributed by atoms with Crippen LogP contribution in [-0.2, 0) is 11.3 Å². The van der Waals surface area contributed by atoms with Crippen LogP contribution in [0.3, 0.4) is 0 Å². The lowest BCUT2D eigenvalue weighted by Crippen LogP contribution is -2.44. The van der Waals surface area contributed by atoms with Crippen LogP contribution in [0.5, 0.6) is 0 Å². The molecule has 1 aromatic carbocycles. The van der Waals surface area contributed by atoms with Crippen LogP contribution >= 0.6 is 0 Å². The van der Waals surface area contributed by atoms with Crippen molar-refractivity contribution in [1.82, 2.24) is 19.8 Å². The van der Waals surface area contributed by atoms with Gasteiger partial charge in [0.1, 0.15) is 6.04 Å². The molecule has 0 fully saturated rings. The van der Waals surface area contributed by atoms with Crippen LogP contribution in [0.4, 0.5) is 0 Å². The zero-order chi connectivity index (χ0) is 18.4. The topological polar surface area (TPSA) is 66.7 Å². The van der Waals surface area contributed by atoms with E-state index in [1.165, 1.54) is 0 Å². The lowest BCUT2D eigenvalue weighted by atomic mass is 9.95. The number of pyridine rings is 1. The van der Waals surface area contributed by atoms with Crippen LogP contribution in [0.15, 0.2) is 42.6 Å². The molecule has 26 heavy (non-hydrogen) atoms. The van der Waals surface area contributed by atoms with Crippen molar-refractivity contribution in [3.63, 3.8) is 0 Å². The zero-order valence-corrected chi connectivity index (χ0v) is 15.0. The summed E-state index contributed by atoms with van der Waals surface area (Å²) in [5.74, 6) is -0.410. The average Bonchev–Trinajstić information content (AvgIpc) is 3.07. The first-order valence-corrected chi connectivity index (χ1v) is 8.55. The maximum atomic E-state index is 12.9. The normalized spacial score (nSPS) is 16.7. The fraction of sp³-hybridized carbons (Fsp3) is 0.250. The second kappa shape index (κ2) is 5.98. The third-order valence-electron chi connectivity index (χ3n) is 5.10. The minimum absolute atomic E-state index is 0.111. The fourth-order valence-electron chi connectivity index (χ4n) is 3.45. The van der Waals surface area contributed by atoms with Gasteiger partial charge in [-0.15, -0.1) is 0 Å². The summed E-state index contributed by atoms with van der Waals surface area (Å²) < 4.78 is 1.76. The van der Waals surface area contributed by atoms with E-state index in [4.69, 9.17) is 0 Å². The molecule has 0 radical (unpaired) electrons. The Morgan fingerprint density at radius 2 is 1.96 bits per heavy atom. The first-order chi connectivity index (χ1) is 12.5. The van der Waals surface area contributed by atoms with Crippen molar-refractivity contribution in [3.05, 3.63) is 70.5 Å². The number of rotatable bonds is 2. The number of likely N-dealkylation sites (N-methyl/N-ethyl adjacent to an activating group) is 1. The number of hydrogen-bond donors (Lipinski definition) is 1. The van der Waals surface area contributed by atoms with E-state index in [-0.39, 0.29) is 11.8 Å². The van der Waals surface area contributed by atoms with Gasteiger partial charge >= 0.3 is 0 Å². The van der Waals surface area contributed by atoms with E-state index in [1.54, 1.807) is 22.7 Å². The lowest BCUT2D eigenvalue weighted by molar-refractivity contribution is -0.133. The molecule has 0 saturated heterocycles. The monoisotopic (exact) mass is 348 g/mol. The van der Waals surface area contributed by atoms with Gasteiger partial charge in [-0.2, -0.15) is 5.10 Å². The minimum atomic E-state index is -0.682. The van der Waals surface area contributed by atoms with Gasteiger partial charge in [-0.3, -0.25) is 9.59 Å². The molecule has 4 rings (SSSR count). The Kier molecular flexibility index (Phi) is 3.76. The van der Waals surface area contributed by atoms with Gasteiger partial charge < -0.3 is 10.2 Å². The summed E-state index contributed by atoms with van der Waals surface area (Å²) in [6, 6.07) is 10.9. The van der Waals surface area contributed by atoms with Crippen LogP contribution in [0.1, 0.15) is 38.8 Å². The van der Waals surface area contributed by atoms with E-state index in [1.807, 2.05) is 50.2 Å². The highest BCUT2D eigenvalue weighted by atomic mass is 16.2. The highest BCUT2D eigenvalue weighted by molar-refractivity contribution is 6.03. The molecule has 1 atom stereocenters. The van der Waals surface area contributed by atoms with Crippen LogP contribution in [0.2, 0.25) is 0 Å². The Balaban J connectivity index is 1.71. The van der Waals surface area contributed by atoms with Gasteiger partial charge in [-0.05, 0) is 36.6 Å². The summed E-state index contributed by atoms with van der Waals surface area (Å²) >= 11 is 0. The molecule has 132 valence electrons. The Bertz CT molecular complexity index is 1040. The molecular weight excluding hydrogens is 328 g/mol. The van der Waals surface area contributed by atoms with E-state index in [0.29, 0.717) is 12.1 Å². The predicted molar refractivity (Wildman–Crippen MR) is 97.8 cm³/mol. The first kappa shape index (κ1) is 16.3. The third kappa shape index (κ3) is 2.45. The van der Waals surface area contributed by atoms with Crippen LogP contribution in [-0.4, -0.2) is 33.4 Å². The number of aryl methyl sites for hydroxylation is 2. The summed E-state index contributed by atoms with van der Waals surface area (Å²) in [5, 5.41) is 7.23. The van der Waals surface area contributed by atoms with E-state index in [2.05, 4.69) is 10.4 Å². The molecule has 2 aromatic heterocycles. The number of carbonyl (C=O) groups is 2. The molecule has 6 nitrogen and oxygen atoms in total.